The molecular formula is C18H18F2N2O4. The van der Waals surface area contributed by atoms with Crippen LogP contribution in [0.25, 0.3) is 0 Å². The van der Waals surface area contributed by atoms with Crippen LogP contribution in [0.15, 0.2) is 42.5 Å². The van der Waals surface area contributed by atoms with Crippen molar-refractivity contribution in [3.05, 3.63) is 59.7 Å². The van der Waals surface area contributed by atoms with E-state index in [-0.39, 0.29) is 12.0 Å². The molecule has 6 nitrogen and oxygen atoms in total. The standard InChI is InChI=1S/C18H18F2N2O4/c1-22(14-3-5-15(25-2)6-4-14)17(23)16(26-18(21)24)9-11-7-12(19)10-13(20)8-11/h3-8,10,16H,9H2,1-2H3,(H2,21,24). The minimum absolute atomic E-state index is 0.158. The molecule has 0 aliphatic rings. The fourth-order valence-electron chi connectivity index (χ4n) is 2.41. The number of carbonyl (C=O) groups excluding carboxylic acids is 2. The molecule has 0 aromatic heterocycles. The number of benzene rings is 2. The van der Waals surface area contributed by atoms with E-state index >= 15 is 0 Å². The second kappa shape index (κ2) is 8.28. The van der Waals surface area contributed by atoms with Gasteiger partial charge in [-0.15, -0.1) is 0 Å². The Morgan fingerprint density at radius 2 is 1.69 bits per heavy atom. The van der Waals surface area contributed by atoms with E-state index < -0.39 is 29.7 Å². The van der Waals surface area contributed by atoms with E-state index in [0.29, 0.717) is 17.5 Å². The predicted octanol–water partition coefficient (Wildman–Crippen LogP) is 2.64. The molecular weight excluding hydrogens is 346 g/mol. The van der Waals surface area contributed by atoms with Crippen LogP contribution in [0.5, 0.6) is 5.75 Å². The first kappa shape index (κ1) is 19.2. The highest BCUT2D eigenvalue weighted by molar-refractivity contribution is 5.97. The summed E-state index contributed by atoms with van der Waals surface area (Å²) in [6, 6.07) is 9.41. The Balaban J connectivity index is 2.23. The van der Waals surface area contributed by atoms with Gasteiger partial charge in [0.25, 0.3) is 5.91 Å². The van der Waals surface area contributed by atoms with Crippen molar-refractivity contribution in [2.24, 2.45) is 5.73 Å². The largest absolute Gasteiger partial charge is 0.497 e. The highest BCUT2D eigenvalue weighted by Crippen LogP contribution is 2.20. The van der Waals surface area contributed by atoms with Crippen molar-refractivity contribution in [2.75, 3.05) is 19.1 Å². The number of hydrogen-bond acceptors (Lipinski definition) is 4. The van der Waals surface area contributed by atoms with Crippen molar-refractivity contribution < 1.29 is 27.8 Å². The normalized spacial score (nSPS) is 11.5. The van der Waals surface area contributed by atoms with Crippen LogP contribution in [-0.4, -0.2) is 32.3 Å². The number of ether oxygens (including phenoxy) is 2. The number of anilines is 1. The van der Waals surface area contributed by atoms with E-state index in [9.17, 15) is 18.4 Å². The van der Waals surface area contributed by atoms with Crippen LogP contribution in [0.3, 0.4) is 0 Å². The molecule has 0 spiro atoms. The quantitative estimate of drug-likeness (QED) is 0.854. The Morgan fingerprint density at radius 3 is 2.19 bits per heavy atom. The van der Waals surface area contributed by atoms with Crippen molar-refractivity contribution in [3.63, 3.8) is 0 Å². The van der Waals surface area contributed by atoms with E-state index in [0.717, 1.165) is 12.1 Å². The van der Waals surface area contributed by atoms with Gasteiger partial charge in [-0.2, -0.15) is 0 Å². The molecule has 8 heteroatoms. The van der Waals surface area contributed by atoms with E-state index in [1.54, 1.807) is 24.3 Å². The lowest BCUT2D eigenvalue weighted by Crippen LogP contribution is -2.41. The number of rotatable bonds is 6. The average molecular weight is 364 g/mol. The van der Waals surface area contributed by atoms with Gasteiger partial charge in [0.15, 0.2) is 6.10 Å². The van der Waals surface area contributed by atoms with Crippen LogP contribution in [0.2, 0.25) is 0 Å². The van der Waals surface area contributed by atoms with Gasteiger partial charge in [0.05, 0.1) is 7.11 Å². The Kier molecular flexibility index (Phi) is 6.11. The molecule has 0 heterocycles. The molecule has 26 heavy (non-hydrogen) atoms. The summed E-state index contributed by atoms with van der Waals surface area (Å²) in [7, 11) is 2.99. The number of methoxy groups -OCH3 is 1. The lowest BCUT2D eigenvalue weighted by atomic mass is 10.1. The van der Waals surface area contributed by atoms with Crippen molar-refractivity contribution in [3.8, 4) is 5.75 Å². The van der Waals surface area contributed by atoms with Gasteiger partial charge in [-0.3, -0.25) is 4.79 Å². The summed E-state index contributed by atoms with van der Waals surface area (Å²) in [6.45, 7) is 0. The number of nitrogens with two attached hydrogens (primary N) is 1. The topological polar surface area (TPSA) is 81.9 Å². The Bertz CT molecular complexity index is 776. The maximum absolute atomic E-state index is 13.4. The summed E-state index contributed by atoms with van der Waals surface area (Å²) in [6.07, 6.45) is -2.72. The van der Waals surface area contributed by atoms with Crippen LogP contribution in [0.1, 0.15) is 5.56 Å². The number of likely N-dealkylation sites (N-methyl/N-ethyl adjacent to an activating group) is 1. The zero-order chi connectivity index (χ0) is 19.3. The second-order valence-electron chi connectivity index (χ2n) is 5.50. The molecule has 1 unspecified atom stereocenters. The zero-order valence-corrected chi connectivity index (χ0v) is 14.2. The van der Waals surface area contributed by atoms with Gasteiger partial charge in [-0.25, -0.2) is 13.6 Å². The van der Waals surface area contributed by atoms with Crippen LogP contribution in [-0.2, 0) is 16.0 Å². The molecule has 2 amide bonds. The molecule has 0 saturated carbocycles. The fourth-order valence-corrected chi connectivity index (χ4v) is 2.41. The minimum Gasteiger partial charge on any atom is -0.497 e. The first-order chi connectivity index (χ1) is 12.3. The number of nitrogens with zero attached hydrogens (tertiary/aromatic N) is 1. The molecule has 0 fully saturated rings. The molecule has 2 rings (SSSR count). The summed E-state index contributed by atoms with van der Waals surface area (Å²) < 4.78 is 36.6. The van der Waals surface area contributed by atoms with Crippen LogP contribution in [0, 0.1) is 11.6 Å². The monoisotopic (exact) mass is 364 g/mol. The number of carbonyl (C=O) groups is 2. The van der Waals surface area contributed by atoms with Gasteiger partial charge < -0.3 is 20.1 Å². The fraction of sp³-hybridized carbons (Fsp3) is 0.222. The molecule has 138 valence electrons. The van der Waals surface area contributed by atoms with Gasteiger partial charge >= 0.3 is 6.09 Å². The van der Waals surface area contributed by atoms with Crippen LogP contribution < -0.4 is 15.4 Å². The average Bonchev–Trinajstić information content (AvgIpc) is 2.58. The molecule has 0 radical (unpaired) electrons. The first-order valence-electron chi connectivity index (χ1n) is 7.63. The maximum Gasteiger partial charge on any atom is 0.405 e. The molecule has 0 aliphatic carbocycles. The molecule has 2 aromatic rings. The smallest absolute Gasteiger partial charge is 0.405 e. The summed E-state index contributed by atoms with van der Waals surface area (Å²) in [5.41, 5.74) is 5.70. The van der Waals surface area contributed by atoms with Gasteiger partial charge in [0.1, 0.15) is 17.4 Å². The van der Waals surface area contributed by atoms with E-state index in [2.05, 4.69) is 0 Å². The third-order valence-corrected chi connectivity index (χ3v) is 3.67. The highest BCUT2D eigenvalue weighted by atomic mass is 19.1. The Hall–Kier alpha value is -3.16. The number of amides is 2. The molecule has 2 aromatic carbocycles. The van der Waals surface area contributed by atoms with Crippen molar-refractivity contribution in [2.45, 2.75) is 12.5 Å². The summed E-state index contributed by atoms with van der Waals surface area (Å²) in [4.78, 5) is 25.1. The zero-order valence-electron chi connectivity index (χ0n) is 14.2. The molecule has 2 N–H and O–H groups in total. The lowest BCUT2D eigenvalue weighted by molar-refractivity contribution is -0.126. The van der Waals surface area contributed by atoms with Crippen molar-refractivity contribution >= 4 is 17.7 Å². The van der Waals surface area contributed by atoms with Crippen molar-refractivity contribution in [1.29, 1.82) is 0 Å². The third-order valence-electron chi connectivity index (χ3n) is 3.67. The molecule has 0 aliphatic heterocycles. The van der Waals surface area contributed by atoms with Crippen LogP contribution in [0.4, 0.5) is 19.3 Å². The second-order valence-corrected chi connectivity index (χ2v) is 5.50. The SMILES string of the molecule is COc1ccc(N(C)C(=O)C(Cc2cc(F)cc(F)c2)OC(N)=O)cc1. The van der Waals surface area contributed by atoms with E-state index in [1.165, 1.54) is 19.1 Å². The maximum atomic E-state index is 13.4. The Labute approximate surface area is 149 Å². The first-order valence-corrected chi connectivity index (χ1v) is 7.63. The van der Waals surface area contributed by atoms with Gasteiger partial charge in [0, 0.05) is 25.2 Å². The van der Waals surface area contributed by atoms with Crippen molar-refractivity contribution in [1.82, 2.24) is 0 Å². The highest BCUT2D eigenvalue weighted by Gasteiger charge is 2.27. The molecule has 0 saturated heterocycles. The van der Waals surface area contributed by atoms with E-state index in [4.69, 9.17) is 15.2 Å². The van der Waals surface area contributed by atoms with Crippen LogP contribution >= 0.6 is 0 Å². The van der Waals surface area contributed by atoms with Gasteiger partial charge in [-0.1, -0.05) is 0 Å². The van der Waals surface area contributed by atoms with Gasteiger partial charge in [-0.05, 0) is 42.0 Å². The van der Waals surface area contributed by atoms with Gasteiger partial charge in [0.2, 0.25) is 0 Å². The summed E-state index contributed by atoms with van der Waals surface area (Å²) in [5.74, 6) is -1.59. The summed E-state index contributed by atoms with van der Waals surface area (Å²) in [5, 5.41) is 0. The predicted molar refractivity (Wildman–Crippen MR) is 90.9 cm³/mol. The third kappa shape index (κ3) is 4.92. The number of hydrogen-bond donors (Lipinski definition) is 1. The lowest BCUT2D eigenvalue weighted by Gasteiger charge is -2.23. The molecule has 0 bridgehead atoms. The number of halogens is 2. The Morgan fingerprint density at radius 1 is 1.12 bits per heavy atom. The van der Waals surface area contributed by atoms with E-state index in [1.807, 2.05) is 0 Å². The minimum atomic E-state index is -1.33. The summed E-state index contributed by atoms with van der Waals surface area (Å²) >= 11 is 0. The molecule has 1 atom stereocenters. The number of primary amides is 1.